The molecule has 5 nitrogen and oxygen atoms in total. The molecule has 0 fully saturated rings. The van der Waals surface area contributed by atoms with E-state index in [2.05, 4.69) is 4.84 Å². The number of phenolic OH excluding ortho intramolecular Hbond substituents is 3. The van der Waals surface area contributed by atoms with Crippen LogP contribution in [0.3, 0.4) is 0 Å². The van der Waals surface area contributed by atoms with Crippen molar-refractivity contribution in [3.8, 4) is 17.2 Å². The van der Waals surface area contributed by atoms with Crippen LogP contribution >= 0.6 is 11.6 Å². The normalized spacial score (nSPS) is 10.3. The van der Waals surface area contributed by atoms with E-state index in [4.69, 9.17) is 27.7 Å². The summed E-state index contributed by atoms with van der Waals surface area (Å²) in [5.41, 5.74) is 0.0432. The second-order valence-electron chi connectivity index (χ2n) is 2.37. The Morgan fingerprint density at radius 2 is 1.92 bits per heavy atom. The molecule has 1 aromatic rings. The lowest BCUT2D eigenvalue weighted by Crippen LogP contribution is -2.00. The fourth-order valence-corrected chi connectivity index (χ4v) is 1.09. The van der Waals surface area contributed by atoms with Gasteiger partial charge in [-0.1, -0.05) is 11.6 Å². The van der Waals surface area contributed by atoms with Crippen LogP contribution in [0.5, 0.6) is 17.2 Å². The Morgan fingerprint density at radius 1 is 1.31 bits per heavy atom. The number of aromatic hydroxyl groups is 3. The zero-order chi connectivity index (χ0) is 10.0. The van der Waals surface area contributed by atoms with E-state index < -0.39 is 11.5 Å². The fraction of sp³-hybridized carbons (Fsp3) is 0.143. The summed E-state index contributed by atoms with van der Waals surface area (Å²) in [5.74, 6) is 3.49. The molecule has 72 valence electrons. The van der Waals surface area contributed by atoms with Crippen LogP contribution in [-0.2, 0) is 11.4 Å². The van der Waals surface area contributed by atoms with Gasteiger partial charge in [-0.2, -0.15) is 0 Å². The molecule has 0 aliphatic carbocycles. The van der Waals surface area contributed by atoms with Crippen molar-refractivity contribution < 1.29 is 20.2 Å². The molecule has 0 aliphatic rings. The summed E-state index contributed by atoms with van der Waals surface area (Å²) in [4.78, 5) is 4.23. The zero-order valence-corrected chi connectivity index (χ0v) is 7.25. The van der Waals surface area contributed by atoms with Gasteiger partial charge in [-0.05, 0) is 0 Å². The van der Waals surface area contributed by atoms with Gasteiger partial charge in [-0.3, -0.25) is 4.84 Å². The lowest BCUT2D eigenvalue weighted by Gasteiger charge is -2.08. The van der Waals surface area contributed by atoms with E-state index in [1.165, 1.54) is 0 Å². The second-order valence-corrected chi connectivity index (χ2v) is 2.74. The quantitative estimate of drug-likeness (QED) is 0.326. The highest BCUT2D eigenvalue weighted by molar-refractivity contribution is 6.33. The standard InChI is InChI=1S/C7H8ClNO4/c8-6-3(2-13-9)7(12)5(11)1-4(6)10/h1,10-12H,2,9H2. The summed E-state index contributed by atoms with van der Waals surface area (Å²) in [7, 11) is 0. The highest BCUT2D eigenvalue weighted by Gasteiger charge is 2.15. The Bertz CT molecular complexity index is 303. The van der Waals surface area contributed by atoms with Crippen LogP contribution in [0.2, 0.25) is 5.02 Å². The maximum Gasteiger partial charge on any atom is 0.164 e. The van der Waals surface area contributed by atoms with Crippen LogP contribution in [0.15, 0.2) is 6.07 Å². The predicted octanol–water partition coefficient (Wildman–Crippen LogP) is 0.847. The monoisotopic (exact) mass is 205 g/mol. The number of hydrogen-bond donors (Lipinski definition) is 4. The minimum absolute atomic E-state index is 0.0432. The van der Waals surface area contributed by atoms with Gasteiger partial charge in [0, 0.05) is 11.6 Å². The topological polar surface area (TPSA) is 95.9 Å². The number of rotatable bonds is 2. The molecule has 0 radical (unpaired) electrons. The minimum Gasteiger partial charge on any atom is -0.506 e. The van der Waals surface area contributed by atoms with Gasteiger partial charge in [0.15, 0.2) is 11.5 Å². The Morgan fingerprint density at radius 3 is 2.46 bits per heavy atom. The molecule has 0 atom stereocenters. The van der Waals surface area contributed by atoms with Crippen molar-refractivity contribution in [2.45, 2.75) is 6.61 Å². The summed E-state index contributed by atoms with van der Waals surface area (Å²) in [6.45, 7) is -0.202. The Balaban J connectivity index is 3.28. The van der Waals surface area contributed by atoms with E-state index in [0.29, 0.717) is 0 Å². The van der Waals surface area contributed by atoms with Crippen molar-refractivity contribution in [2.24, 2.45) is 5.90 Å². The maximum absolute atomic E-state index is 9.25. The van der Waals surface area contributed by atoms with Crippen molar-refractivity contribution in [2.75, 3.05) is 0 Å². The van der Waals surface area contributed by atoms with Crippen LogP contribution in [0.25, 0.3) is 0 Å². The summed E-state index contributed by atoms with van der Waals surface area (Å²) in [6.07, 6.45) is 0. The van der Waals surface area contributed by atoms with Crippen LogP contribution in [0.1, 0.15) is 5.56 Å². The molecule has 0 bridgehead atoms. The molecule has 0 amide bonds. The number of hydrogen-bond acceptors (Lipinski definition) is 5. The molecular weight excluding hydrogens is 198 g/mol. The molecule has 0 spiro atoms. The van der Waals surface area contributed by atoms with Crippen molar-refractivity contribution in [3.05, 3.63) is 16.7 Å². The van der Waals surface area contributed by atoms with Crippen molar-refractivity contribution in [1.82, 2.24) is 0 Å². The van der Waals surface area contributed by atoms with Crippen molar-refractivity contribution in [1.29, 1.82) is 0 Å². The van der Waals surface area contributed by atoms with Crippen molar-refractivity contribution in [3.63, 3.8) is 0 Å². The highest BCUT2D eigenvalue weighted by Crippen LogP contribution is 2.40. The van der Waals surface area contributed by atoms with E-state index in [1.807, 2.05) is 0 Å². The molecular formula is C7H8ClNO4. The van der Waals surface area contributed by atoms with Gasteiger partial charge in [0.1, 0.15) is 5.75 Å². The average molecular weight is 206 g/mol. The first-order valence-corrected chi connectivity index (χ1v) is 3.69. The molecule has 0 saturated heterocycles. The number of phenols is 3. The van der Waals surface area contributed by atoms with E-state index in [9.17, 15) is 5.11 Å². The Kier molecular flexibility index (Phi) is 2.82. The molecule has 0 aliphatic heterocycles. The van der Waals surface area contributed by atoms with Crippen molar-refractivity contribution >= 4 is 11.6 Å². The molecule has 0 unspecified atom stereocenters. The third-order valence-electron chi connectivity index (χ3n) is 1.52. The van der Waals surface area contributed by atoms with Crippen LogP contribution in [0, 0.1) is 0 Å². The molecule has 6 heteroatoms. The summed E-state index contributed by atoms with van der Waals surface area (Å²) in [6, 6.07) is 0.928. The van der Waals surface area contributed by atoms with Gasteiger partial charge in [0.2, 0.25) is 0 Å². The molecule has 13 heavy (non-hydrogen) atoms. The lowest BCUT2D eigenvalue weighted by molar-refractivity contribution is 0.121. The number of nitrogens with two attached hydrogens (primary N) is 1. The van der Waals surface area contributed by atoms with Gasteiger partial charge >= 0.3 is 0 Å². The fourth-order valence-electron chi connectivity index (χ4n) is 0.889. The molecule has 5 N–H and O–H groups in total. The minimum atomic E-state index is -0.478. The number of benzene rings is 1. The smallest absolute Gasteiger partial charge is 0.164 e. The summed E-state index contributed by atoms with van der Waals surface area (Å²) in [5, 5.41) is 27.4. The third-order valence-corrected chi connectivity index (χ3v) is 1.94. The molecule has 0 heterocycles. The summed E-state index contributed by atoms with van der Waals surface area (Å²) < 4.78 is 0. The third kappa shape index (κ3) is 1.77. The van der Waals surface area contributed by atoms with E-state index in [-0.39, 0.29) is 22.9 Å². The lowest BCUT2D eigenvalue weighted by atomic mass is 10.2. The van der Waals surface area contributed by atoms with Crippen LogP contribution in [0.4, 0.5) is 0 Å². The van der Waals surface area contributed by atoms with Gasteiger partial charge in [-0.25, -0.2) is 5.90 Å². The second kappa shape index (κ2) is 3.69. The average Bonchev–Trinajstić information content (AvgIpc) is 2.09. The SMILES string of the molecule is NOCc1c(O)c(O)cc(O)c1Cl. The first-order valence-electron chi connectivity index (χ1n) is 3.32. The molecule has 0 aromatic heterocycles. The van der Waals surface area contributed by atoms with E-state index in [1.54, 1.807) is 0 Å². The largest absolute Gasteiger partial charge is 0.506 e. The van der Waals surface area contributed by atoms with Crippen LogP contribution in [-0.4, -0.2) is 15.3 Å². The van der Waals surface area contributed by atoms with Crippen LogP contribution < -0.4 is 5.90 Å². The predicted molar refractivity (Wildman–Crippen MR) is 45.4 cm³/mol. The number of halogens is 1. The van der Waals surface area contributed by atoms with Gasteiger partial charge in [0.25, 0.3) is 0 Å². The molecule has 0 saturated carbocycles. The molecule has 1 aromatic carbocycles. The van der Waals surface area contributed by atoms with Gasteiger partial charge < -0.3 is 15.3 Å². The zero-order valence-electron chi connectivity index (χ0n) is 6.49. The Hall–Kier alpha value is -1.17. The summed E-state index contributed by atoms with van der Waals surface area (Å²) >= 11 is 5.59. The molecule has 1 rings (SSSR count). The maximum atomic E-state index is 9.25. The highest BCUT2D eigenvalue weighted by atomic mass is 35.5. The van der Waals surface area contributed by atoms with Gasteiger partial charge in [-0.15, -0.1) is 0 Å². The first-order chi connectivity index (χ1) is 6.07. The van der Waals surface area contributed by atoms with E-state index >= 15 is 0 Å². The van der Waals surface area contributed by atoms with E-state index in [0.717, 1.165) is 6.07 Å². The van der Waals surface area contributed by atoms with Gasteiger partial charge in [0.05, 0.1) is 11.6 Å². The Labute approximate surface area is 78.9 Å². The first kappa shape index (κ1) is 9.91.